The highest BCUT2D eigenvalue weighted by atomic mass is 32.2. The van der Waals surface area contributed by atoms with Gasteiger partial charge >= 0.3 is 10.1 Å². The fraction of sp³-hybridized carbons (Fsp3) is 0.0500. The third kappa shape index (κ3) is 4.29. The second-order valence-corrected chi connectivity index (χ2v) is 7.13. The van der Waals surface area contributed by atoms with Crippen LogP contribution < -0.4 is 4.18 Å². The Morgan fingerprint density at radius 2 is 1.69 bits per heavy atom. The normalized spacial score (nSPS) is 11.6. The topological polar surface area (TPSA) is 73.6 Å². The minimum absolute atomic E-state index is 0.0737. The lowest BCUT2D eigenvalue weighted by molar-refractivity contribution is 0.104. The highest BCUT2D eigenvalue weighted by Crippen LogP contribution is 2.20. The van der Waals surface area contributed by atoms with Crippen LogP contribution in [0.15, 0.2) is 82.3 Å². The molecule has 6 heteroatoms. The van der Waals surface area contributed by atoms with E-state index in [-0.39, 0.29) is 16.4 Å². The monoisotopic (exact) mass is 368 g/mol. The molecule has 0 amide bonds. The van der Waals surface area contributed by atoms with Gasteiger partial charge in [0.05, 0.1) is 6.26 Å². The first kappa shape index (κ1) is 17.7. The number of ketones is 1. The maximum absolute atomic E-state index is 12.3. The Balaban J connectivity index is 1.71. The predicted octanol–water partition coefficient (Wildman–Crippen LogP) is 4.25. The summed E-state index contributed by atoms with van der Waals surface area (Å²) in [6, 6.07) is 15.7. The summed E-state index contributed by atoms with van der Waals surface area (Å²) in [5.41, 5.74) is 1.36. The Morgan fingerprint density at radius 3 is 2.31 bits per heavy atom. The van der Waals surface area contributed by atoms with E-state index in [1.807, 2.05) is 6.92 Å². The second kappa shape index (κ2) is 7.41. The quantitative estimate of drug-likeness (QED) is 0.369. The molecular formula is C20H16O5S. The largest absolute Gasteiger partial charge is 0.465 e. The van der Waals surface area contributed by atoms with Crippen molar-refractivity contribution in [3.63, 3.8) is 0 Å². The van der Waals surface area contributed by atoms with E-state index in [4.69, 9.17) is 8.60 Å². The molecular weight excluding hydrogens is 352 g/mol. The molecule has 0 aliphatic carbocycles. The molecule has 0 bridgehead atoms. The van der Waals surface area contributed by atoms with Crippen LogP contribution in [0.5, 0.6) is 5.75 Å². The molecule has 0 aliphatic heterocycles. The van der Waals surface area contributed by atoms with E-state index in [1.165, 1.54) is 48.7 Å². The zero-order valence-electron chi connectivity index (χ0n) is 14.0. The molecule has 26 heavy (non-hydrogen) atoms. The number of aryl methyl sites for hydroxylation is 1. The Kier molecular flexibility index (Phi) is 5.04. The number of carbonyl (C=O) groups is 1. The van der Waals surface area contributed by atoms with Gasteiger partial charge in [-0.2, -0.15) is 8.42 Å². The first-order valence-corrected chi connectivity index (χ1v) is 9.22. The van der Waals surface area contributed by atoms with E-state index in [1.54, 1.807) is 30.3 Å². The van der Waals surface area contributed by atoms with Crippen LogP contribution >= 0.6 is 0 Å². The summed E-state index contributed by atoms with van der Waals surface area (Å²) in [4.78, 5) is 12.2. The SMILES string of the molecule is Cc1ccc(S(=O)(=O)Oc2ccc(C(=O)/C=C/c3ccco3)cc2)cc1. The molecule has 0 atom stereocenters. The minimum atomic E-state index is -3.91. The van der Waals surface area contributed by atoms with Crippen molar-refractivity contribution in [3.05, 3.63) is 89.9 Å². The Morgan fingerprint density at radius 1 is 1.00 bits per heavy atom. The Hall–Kier alpha value is -3.12. The molecule has 0 aliphatic rings. The summed E-state index contributed by atoms with van der Waals surface area (Å²) in [5, 5.41) is 0. The molecule has 0 spiro atoms. The second-order valence-electron chi connectivity index (χ2n) is 5.59. The zero-order chi connectivity index (χ0) is 18.6. The van der Waals surface area contributed by atoms with Gasteiger partial charge < -0.3 is 8.60 Å². The summed E-state index contributed by atoms with van der Waals surface area (Å²) in [5.74, 6) is 0.481. The minimum Gasteiger partial charge on any atom is -0.465 e. The van der Waals surface area contributed by atoms with Crippen molar-refractivity contribution >= 4 is 22.0 Å². The summed E-state index contributed by atoms with van der Waals surface area (Å²) in [7, 11) is -3.91. The number of benzene rings is 2. The summed E-state index contributed by atoms with van der Waals surface area (Å²) < 4.78 is 34.7. The fourth-order valence-corrected chi connectivity index (χ4v) is 3.12. The van der Waals surface area contributed by atoms with E-state index in [9.17, 15) is 13.2 Å². The van der Waals surface area contributed by atoms with Crippen molar-refractivity contribution < 1.29 is 21.8 Å². The average molecular weight is 368 g/mol. The van der Waals surface area contributed by atoms with Gasteiger partial charge in [0.1, 0.15) is 16.4 Å². The molecule has 0 fully saturated rings. The summed E-state index contributed by atoms with van der Waals surface area (Å²) in [6.07, 6.45) is 4.47. The van der Waals surface area contributed by atoms with Crippen LogP contribution in [0.3, 0.4) is 0 Å². The van der Waals surface area contributed by atoms with Gasteiger partial charge in [0.15, 0.2) is 5.78 Å². The van der Waals surface area contributed by atoms with Crippen LogP contribution in [0.2, 0.25) is 0 Å². The Bertz CT molecular complexity index is 1010. The van der Waals surface area contributed by atoms with Crippen LogP contribution in [0, 0.1) is 6.92 Å². The number of allylic oxidation sites excluding steroid dienone is 1. The van der Waals surface area contributed by atoms with Crippen LogP contribution in [0.4, 0.5) is 0 Å². The van der Waals surface area contributed by atoms with E-state index in [2.05, 4.69) is 0 Å². The molecule has 0 saturated heterocycles. The van der Waals surface area contributed by atoms with E-state index < -0.39 is 10.1 Å². The predicted molar refractivity (Wildman–Crippen MR) is 97.5 cm³/mol. The molecule has 0 N–H and O–H groups in total. The molecule has 132 valence electrons. The van der Waals surface area contributed by atoms with Gasteiger partial charge in [-0.25, -0.2) is 0 Å². The van der Waals surface area contributed by atoms with Gasteiger partial charge in [-0.1, -0.05) is 17.7 Å². The fourth-order valence-electron chi connectivity index (χ4n) is 2.19. The van der Waals surface area contributed by atoms with Gasteiger partial charge in [-0.3, -0.25) is 4.79 Å². The molecule has 5 nitrogen and oxygen atoms in total. The lowest BCUT2D eigenvalue weighted by Gasteiger charge is -2.07. The van der Waals surface area contributed by atoms with Gasteiger partial charge in [0.2, 0.25) is 0 Å². The first-order chi connectivity index (χ1) is 12.4. The van der Waals surface area contributed by atoms with E-state index >= 15 is 0 Å². The van der Waals surface area contributed by atoms with Crippen LogP contribution in [0.1, 0.15) is 21.7 Å². The standard InChI is InChI=1S/C20H16O5S/c1-15-4-11-19(12-5-15)26(22,23)25-18-8-6-16(7-9-18)20(21)13-10-17-3-2-14-24-17/h2-14H,1H3/b13-10+. The molecule has 2 aromatic carbocycles. The molecule has 1 aromatic heterocycles. The van der Waals surface area contributed by atoms with Crippen molar-refractivity contribution in [2.75, 3.05) is 0 Å². The highest BCUT2D eigenvalue weighted by Gasteiger charge is 2.16. The number of hydrogen-bond donors (Lipinski definition) is 0. The van der Waals surface area contributed by atoms with Gasteiger partial charge in [-0.15, -0.1) is 0 Å². The number of hydrogen-bond acceptors (Lipinski definition) is 5. The van der Waals surface area contributed by atoms with Gasteiger partial charge in [0.25, 0.3) is 0 Å². The zero-order valence-corrected chi connectivity index (χ0v) is 14.8. The number of furan rings is 1. The number of carbonyl (C=O) groups excluding carboxylic acids is 1. The van der Waals surface area contributed by atoms with Crippen LogP contribution in [-0.2, 0) is 10.1 Å². The van der Waals surface area contributed by atoms with E-state index in [0.29, 0.717) is 11.3 Å². The van der Waals surface area contributed by atoms with Crippen LogP contribution in [0.25, 0.3) is 6.08 Å². The number of rotatable bonds is 6. The molecule has 0 unspecified atom stereocenters. The smallest absolute Gasteiger partial charge is 0.339 e. The lowest BCUT2D eigenvalue weighted by atomic mass is 10.1. The maximum atomic E-state index is 12.3. The van der Waals surface area contributed by atoms with Crippen molar-refractivity contribution in [1.29, 1.82) is 0 Å². The van der Waals surface area contributed by atoms with Crippen molar-refractivity contribution in [2.24, 2.45) is 0 Å². The van der Waals surface area contributed by atoms with Crippen molar-refractivity contribution in [3.8, 4) is 5.75 Å². The Labute approximate surface area is 151 Å². The third-order valence-corrected chi connectivity index (χ3v) is 4.86. The molecule has 1 heterocycles. The summed E-state index contributed by atoms with van der Waals surface area (Å²) >= 11 is 0. The van der Waals surface area contributed by atoms with Crippen LogP contribution in [-0.4, -0.2) is 14.2 Å². The van der Waals surface area contributed by atoms with Gasteiger partial charge in [-0.05, 0) is 67.6 Å². The van der Waals surface area contributed by atoms with Crippen molar-refractivity contribution in [2.45, 2.75) is 11.8 Å². The molecule has 0 saturated carbocycles. The average Bonchev–Trinajstić information content (AvgIpc) is 3.14. The highest BCUT2D eigenvalue weighted by molar-refractivity contribution is 7.87. The van der Waals surface area contributed by atoms with Crippen molar-refractivity contribution in [1.82, 2.24) is 0 Å². The lowest BCUT2D eigenvalue weighted by Crippen LogP contribution is -2.09. The van der Waals surface area contributed by atoms with E-state index in [0.717, 1.165) is 5.56 Å². The first-order valence-electron chi connectivity index (χ1n) is 7.81. The molecule has 3 rings (SSSR count). The van der Waals surface area contributed by atoms with Gasteiger partial charge in [0, 0.05) is 5.56 Å². The summed E-state index contributed by atoms with van der Waals surface area (Å²) in [6.45, 7) is 1.87. The maximum Gasteiger partial charge on any atom is 0.339 e. The molecule has 3 aromatic rings. The molecule has 0 radical (unpaired) electrons. The third-order valence-electron chi connectivity index (χ3n) is 3.60.